The Morgan fingerprint density at radius 1 is 1.03 bits per heavy atom. The second kappa shape index (κ2) is 9.25. The van der Waals surface area contributed by atoms with Gasteiger partial charge in [0.1, 0.15) is 5.65 Å². The molecule has 0 aliphatic heterocycles. The van der Waals surface area contributed by atoms with E-state index in [0.717, 1.165) is 12.5 Å². The van der Waals surface area contributed by atoms with Gasteiger partial charge in [0.15, 0.2) is 0 Å². The highest BCUT2D eigenvalue weighted by Crippen LogP contribution is 2.29. The van der Waals surface area contributed by atoms with Crippen LogP contribution < -0.4 is 10.9 Å². The minimum atomic E-state index is -3.90. The molecular formula is C21H24ClN5O5S2. The third-order valence-corrected chi connectivity index (χ3v) is 9.60. The molecule has 182 valence electrons. The molecule has 0 spiro atoms. The molecule has 0 amide bonds. The zero-order chi connectivity index (χ0) is 24.7. The molecule has 0 saturated heterocycles. The maximum atomic E-state index is 12.7. The first-order valence-corrected chi connectivity index (χ1v) is 14.6. The van der Waals surface area contributed by atoms with E-state index in [9.17, 15) is 21.6 Å². The van der Waals surface area contributed by atoms with Crippen LogP contribution in [0, 0.1) is 0 Å². The number of halogens is 1. The first kappa shape index (κ1) is 24.6. The van der Waals surface area contributed by atoms with Crippen LogP contribution in [0.4, 0.5) is 5.95 Å². The van der Waals surface area contributed by atoms with Gasteiger partial charge in [-0.2, -0.15) is 4.98 Å². The number of hydrogen-bond donors (Lipinski definition) is 2. The molecule has 0 bridgehead atoms. The second-order valence-corrected chi connectivity index (χ2v) is 12.7. The molecule has 1 saturated carbocycles. The van der Waals surface area contributed by atoms with Crippen molar-refractivity contribution in [2.75, 3.05) is 17.8 Å². The SMILES string of the molecule is CS(=O)(=O)N(C1CCC(Nc2ncc3cc(-c4ccccc4Cl)c(=O)[nH]c3n2)CC1)S(C)(=O)=O. The van der Waals surface area contributed by atoms with Crippen molar-refractivity contribution in [1.29, 1.82) is 0 Å². The number of hydrogen-bond acceptors (Lipinski definition) is 8. The first-order chi connectivity index (χ1) is 15.9. The number of H-pyrrole nitrogens is 1. The molecule has 1 aromatic carbocycles. The molecule has 2 aromatic heterocycles. The van der Waals surface area contributed by atoms with Crippen LogP contribution in [0.25, 0.3) is 22.2 Å². The van der Waals surface area contributed by atoms with Crippen molar-refractivity contribution in [3.63, 3.8) is 0 Å². The quantitative estimate of drug-likeness (QED) is 0.500. The highest BCUT2D eigenvalue weighted by atomic mass is 35.5. The summed E-state index contributed by atoms with van der Waals surface area (Å²) >= 11 is 6.23. The molecule has 4 rings (SSSR count). The molecule has 2 N–H and O–H groups in total. The van der Waals surface area contributed by atoms with E-state index in [1.165, 1.54) is 0 Å². The lowest BCUT2D eigenvalue weighted by Crippen LogP contribution is -2.46. The van der Waals surface area contributed by atoms with E-state index < -0.39 is 26.1 Å². The van der Waals surface area contributed by atoms with Crippen LogP contribution in [0.3, 0.4) is 0 Å². The van der Waals surface area contributed by atoms with Crippen molar-refractivity contribution in [2.45, 2.75) is 37.8 Å². The number of pyridine rings is 1. The smallest absolute Gasteiger partial charge is 0.257 e. The van der Waals surface area contributed by atoms with E-state index in [0.29, 0.717) is 62.5 Å². The third-order valence-electron chi connectivity index (χ3n) is 5.74. The molecule has 10 nitrogen and oxygen atoms in total. The number of benzene rings is 1. The molecule has 0 radical (unpaired) electrons. The molecule has 13 heteroatoms. The Labute approximate surface area is 202 Å². The predicted octanol–water partition coefficient (Wildman–Crippen LogP) is 2.58. The summed E-state index contributed by atoms with van der Waals surface area (Å²) < 4.78 is 48.7. The fraction of sp³-hybridized carbons (Fsp3) is 0.381. The summed E-state index contributed by atoms with van der Waals surface area (Å²) in [6.07, 6.45) is 5.23. The number of aromatic nitrogens is 3. The van der Waals surface area contributed by atoms with Gasteiger partial charge in [-0.05, 0) is 37.8 Å². The van der Waals surface area contributed by atoms with E-state index in [2.05, 4.69) is 20.3 Å². The van der Waals surface area contributed by atoms with Crippen molar-refractivity contribution in [1.82, 2.24) is 18.7 Å². The van der Waals surface area contributed by atoms with Crippen LogP contribution in [0.2, 0.25) is 5.02 Å². The van der Waals surface area contributed by atoms with Gasteiger partial charge in [-0.3, -0.25) is 4.79 Å². The molecule has 1 aliphatic carbocycles. The van der Waals surface area contributed by atoms with Crippen LogP contribution in [-0.4, -0.2) is 60.1 Å². The minimum absolute atomic E-state index is 0.0659. The zero-order valence-corrected chi connectivity index (χ0v) is 20.9. The largest absolute Gasteiger partial charge is 0.351 e. The van der Waals surface area contributed by atoms with Gasteiger partial charge in [0.2, 0.25) is 26.0 Å². The molecule has 2 heterocycles. The molecule has 34 heavy (non-hydrogen) atoms. The lowest BCUT2D eigenvalue weighted by atomic mass is 9.92. The number of nitrogens with one attached hydrogen (secondary N) is 2. The Bertz CT molecular complexity index is 1470. The summed E-state index contributed by atoms with van der Waals surface area (Å²) in [6, 6.07) is 8.08. The Morgan fingerprint density at radius 3 is 2.29 bits per heavy atom. The number of aromatic amines is 1. The van der Waals surface area contributed by atoms with Crippen molar-refractivity contribution in [3.8, 4) is 11.1 Å². The fourth-order valence-electron chi connectivity index (χ4n) is 4.34. The van der Waals surface area contributed by atoms with E-state index in [1.807, 2.05) is 0 Å². The van der Waals surface area contributed by atoms with Gasteiger partial charge in [0.25, 0.3) is 5.56 Å². The van der Waals surface area contributed by atoms with Gasteiger partial charge >= 0.3 is 0 Å². The van der Waals surface area contributed by atoms with Gasteiger partial charge in [0.05, 0.1) is 12.5 Å². The average Bonchev–Trinajstić information content (AvgIpc) is 2.73. The number of nitrogens with zero attached hydrogens (tertiary/aromatic N) is 3. The molecular weight excluding hydrogens is 502 g/mol. The Morgan fingerprint density at radius 2 is 1.68 bits per heavy atom. The maximum absolute atomic E-state index is 12.7. The molecule has 1 fully saturated rings. The van der Waals surface area contributed by atoms with Gasteiger partial charge in [-0.15, -0.1) is 0 Å². The summed E-state index contributed by atoms with van der Waals surface area (Å²) in [7, 11) is -7.79. The monoisotopic (exact) mass is 525 g/mol. The summed E-state index contributed by atoms with van der Waals surface area (Å²) in [4.78, 5) is 24.2. The van der Waals surface area contributed by atoms with Crippen LogP contribution in [-0.2, 0) is 20.0 Å². The summed E-state index contributed by atoms with van der Waals surface area (Å²) in [6.45, 7) is 0. The van der Waals surface area contributed by atoms with Gasteiger partial charge in [-0.1, -0.05) is 33.5 Å². The summed E-state index contributed by atoms with van der Waals surface area (Å²) in [5.74, 6) is 0.320. The number of anilines is 1. The number of rotatable bonds is 6. The van der Waals surface area contributed by atoms with Gasteiger partial charge in [-0.25, -0.2) is 21.8 Å². The molecule has 1 aliphatic rings. The van der Waals surface area contributed by atoms with E-state index in [4.69, 9.17) is 11.6 Å². The van der Waals surface area contributed by atoms with Crippen molar-refractivity contribution in [3.05, 3.63) is 51.9 Å². The highest BCUT2D eigenvalue weighted by Gasteiger charge is 2.37. The normalized spacial score (nSPS) is 19.4. The molecule has 0 atom stereocenters. The first-order valence-electron chi connectivity index (χ1n) is 10.5. The average molecular weight is 526 g/mol. The lowest BCUT2D eigenvalue weighted by Gasteiger charge is -2.34. The predicted molar refractivity (Wildman–Crippen MR) is 132 cm³/mol. The lowest BCUT2D eigenvalue weighted by molar-refractivity contribution is 0.316. The van der Waals surface area contributed by atoms with Crippen LogP contribution >= 0.6 is 11.6 Å². The summed E-state index contributed by atoms with van der Waals surface area (Å²) in [5, 5.41) is 4.31. The standard InChI is InChI=1S/C21H24ClN5O5S2/c1-33(29,30)27(34(2,31)32)15-9-7-14(8-10-15)24-21-23-12-13-11-17(20(28)25-19(13)26-21)16-5-3-4-6-18(16)22/h3-6,11-12,14-15H,7-10H2,1-2H3,(H2,23,24,25,26,28). The Kier molecular flexibility index (Phi) is 6.69. The van der Waals surface area contributed by atoms with Gasteiger partial charge in [0, 0.05) is 39.8 Å². The van der Waals surface area contributed by atoms with Crippen LogP contribution in [0.1, 0.15) is 25.7 Å². The van der Waals surface area contributed by atoms with Gasteiger partial charge < -0.3 is 10.3 Å². The highest BCUT2D eigenvalue weighted by molar-refractivity contribution is 8.03. The number of sulfonamides is 2. The van der Waals surface area contributed by atoms with Crippen molar-refractivity contribution in [2.24, 2.45) is 0 Å². The van der Waals surface area contributed by atoms with Crippen LogP contribution in [0.5, 0.6) is 0 Å². The van der Waals surface area contributed by atoms with E-state index in [-0.39, 0.29) is 11.6 Å². The van der Waals surface area contributed by atoms with E-state index in [1.54, 1.807) is 36.5 Å². The van der Waals surface area contributed by atoms with E-state index >= 15 is 0 Å². The minimum Gasteiger partial charge on any atom is -0.351 e. The second-order valence-electron chi connectivity index (χ2n) is 8.39. The number of fused-ring (bicyclic) bond motifs is 1. The third kappa shape index (κ3) is 5.24. The van der Waals surface area contributed by atoms with Crippen LogP contribution in [0.15, 0.2) is 41.3 Å². The summed E-state index contributed by atoms with van der Waals surface area (Å²) in [5.41, 5.74) is 1.07. The maximum Gasteiger partial charge on any atom is 0.257 e. The van der Waals surface area contributed by atoms with Crippen molar-refractivity contribution < 1.29 is 16.8 Å². The zero-order valence-electron chi connectivity index (χ0n) is 18.5. The molecule has 0 unspecified atom stereocenters. The van der Waals surface area contributed by atoms with Crippen molar-refractivity contribution >= 4 is 48.6 Å². The Balaban J connectivity index is 1.50. The Hall–Kier alpha value is -2.54. The fourth-order valence-corrected chi connectivity index (χ4v) is 8.05. The topological polar surface area (TPSA) is 142 Å². The molecule has 3 aromatic rings.